The third-order valence-electron chi connectivity index (χ3n) is 3.89. The lowest BCUT2D eigenvalue weighted by molar-refractivity contribution is -0.113. The molecule has 0 N–H and O–H groups in total. The highest BCUT2D eigenvalue weighted by molar-refractivity contribution is 8.18. The van der Waals surface area contributed by atoms with E-state index in [1.54, 1.807) is 0 Å². The maximum Gasteiger partial charge on any atom is 0.286 e. The molecule has 0 radical (unpaired) electrons. The van der Waals surface area contributed by atoms with Crippen molar-refractivity contribution in [1.29, 1.82) is 0 Å². The van der Waals surface area contributed by atoms with E-state index in [-0.39, 0.29) is 5.91 Å². The van der Waals surface area contributed by atoms with Crippen molar-refractivity contribution in [3.63, 3.8) is 0 Å². The van der Waals surface area contributed by atoms with E-state index in [1.165, 1.54) is 31.0 Å². The van der Waals surface area contributed by atoms with Crippen molar-refractivity contribution < 1.29 is 9.53 Å². The SMILES string of the molecule is CCCOc1ccc(/C=C2/SC(N3CCCCC3)=NC2=O)cc1. The fourth-order valence-corrected chi connectivity index (χ4v) is 3.61. The Morgan fingerprint density at radius 2 is 1.96 bits per heavy atom. The molecular formula is C18H22N2O2S. The number of amides is 1. The Morgan fingerprint density at radius 1 is 1.22 bits per heavy atom. The van der Waals surface area contributed by atoms with E-state index in [0.717, 1.165) is 42.6 Å². The molecule has 0 spiro atoms. The van der Waals surface area contributed by atoms with Crippen molar-refractivity contribution >= 4 is 28.9 Å². The summed E-state index contributed by atoms with van der Waals surface area (Å²) < 4.78 is 5.58. The topological polar surface area (TPSA) is 41.9 Å². The number of likely N-dealkylation sites (tertiary alicyclic amines) is 1. The van der Waals surface area contributed by atoms with Gasteiger partial charge in [0.15, 0.2) is 5.17 Å². The Balaban J connectivity index is 1.65. The second kappa shape index (κ2) is 7.68. The van der Waals surface area contributed by atoms with Crippen LogP contribution in [-0.4, -0.2) is 35.7 Å². The van der Waals surface area contributed by atoms with Crippen LogP contribution in [0.15, 0.2) is 34.2 Å². The fourth-order valence-electron chi connectivity index (χ4n) is 2.65. The van der Waals surface area contributed by atoms with Gasteiger partial charge < -0.3 is 9.64 Å². The van der Waals surface area contributed by atoms with E-state index in [9.17, 15) is 4.79 Å². The van der Waals surface area contributed by atoms with Crippen LogP contribution in [0.25, 0.3) is 6.08 Å². The average molecular weight is 330 g/mol. The third kappa shape index (κ3) is 4.16. The number of piperidine rings is 1. The predicted octanol–water partition coefficient (Wildman–Crippen LogP) is 3.93. The Labute approximate surface area is 141 Å². The van der Waals surface area contributed by atoms with Gasteiger partial charge in [-0.25, -0.2) is 0 Å². The number of nitrogens with zero attached hydrogens (tertiary/aromatic N) is 2. The van der Waals surface area contributed by atoms with Crippen LogP contribution in [0.5, 0.6) is 5.75 Å². The quantitative estimate of drug-likeness (QED) is 0.785. The minimum absolute atomic E-state index is 0.123. The molecule has 1 fully saturated rings. The van der Waals surface area contributed by atoms with Gasteiger partial charge in [-0.15, -0.1) is 0 Å². The zero-order valence-electron chi connectivity index (χ0n) is 13.5. The first-order chi connectivity index (χ1) is 11.3. The van der Waals surface area contributed by atoms with Gasteiger partial charge in [-0.1, -0.05) is 19.1 Å². The van der Waals surface area contributed by atoms with Crippen molar-refractivity contribution in [2.45, 2.75) is 32.6 Å². The zero-order valence-corrected chi connectivity index (χ0v) is 14.3. The van der Waals surface area contributed by atoms with Gasteiger partial charge >= 0.3 is 0 Å². The molecule has 0 aromatic heterocycles. The van der Waals surface area contributed by atoms with Crippen molar-refractivity contribution in [2.24, 2.45) is 4.99 Å². The Hall–Kier alpha value is -1.75. The molecule has 0 saturated carbocycles. The van der Waals surface area contributed by atoms with Crippen LogP contribution in [0.4, 0.5) is 0 Å². The second-order valence-electron chi connectivity index (χ2n) is 5.78. The highest BCUT2D eigenvalue weighted by atomic mass is 32.2. The van der Waals surface area contributed by atoms with E-state index in [2.05, 4.69) is 16.8 Å². The van der Waals surface area contributed by atoms with Crippen molar-refractivity contribution in [3.05, 3.63) is 34.7 Å². The molecule has 1 aromatic rings. The summed E-state index contributed by atoms with van der Waals surface area (Å²) in [5.41, 5.74) is 1.000. The number of carbonyl (C=O) groups is 1. The molecule has 0 aliphatic carbocycles. The molecule has 0 unspecified atom stereocenters. The number of rotatable bonds is 4. The fraction of sp³-hybridized carbons (Fsp3) is 0.444. The predicted molar refractivity (Wildman–Crippen MR) is 95.7 cm³/mol. The molecule has 2 aliphatic heterocycles. The van der Waals surface area contributed by atoms with E-state index in [1.807, 2.05) is 30.3 Å². The van der Waals surface area contributed by atoms with Crippen LogP contribution < -0.4 is 4.74 Å². The summed E-state index contributed by atoms with van der Waals surface area (Å²) in [6.45, 7) is 4.83. The third-order valence-corrected chi connectivity index (χ3v) is 4.93. The molecule has 23 heavy (non-hydrogen) atoms. The molecule has 0 bridgehead atoms. The first kappa shape index (κ1) is 16.1. The van der Waals surface area contributed by atoms with Gasteiger partial charge in [-0.05, 0) is 61.2 Å². The number of thioether (sulfide) groups is 1. The number of carbonyl (C=O) groups excluding carboxylic acids is 1. The first-order valence-electron chi connectivity index (χ1n) is 8.26. The lowest BCUT2D eigenvalue weighted by atomic mass is 10.1. The molecule has 2 aliphatic rings. The van der Waals surface area contributed by atoms with Gasteiger partial charge in [-0.2, -0.15) is 4.99 Å². The van der Waals surface area contributed by atoms with Gasteiger partial charge in [0.05, 0.1) is 11.5 Å². The highest BCUT2D eigenvalue weighted by Crippen LogP contribution is 2.31. The van der Waals surface area contributed by atoms with Crippen LogP contribution in [-0.2, 0) is 4.79 Å². The largest absolute Gasteiger partial charge is 0.494 e. The molecule has 122 valence electrons. The smallest absolute Gasteiger partial charge is 0.286 e. The van der Waals surface area contributed by atoms with Gasteiger partial charge in [0.1, 0.15) is 5.75 Å². The van der Waals surface area contributed by atoms with Crippen LogP contribution in [0.3, 0.4) is 0 Å². The number of hydrogen-bond donors (Lipinski definition) is 0. The molecule has 1 saturated heterocycles. The summed E-state index contributed by atoms with van der Waals surface area (Å²) in [6.07, 6.45) is 6.56. The Kier molecular flexibility index (Phi) is 5.39. The molecule has 2 heterocycles. The number of amidine groups is 1. The molecule has 4 nitrogen and oxygen atoms in total. The number of hydrogen-bond acceptors (Lipinski definition) is 4. The Bertz CT molecular complexity index is 616. The average Bonchev–Trinajstić information content (AvgIpc) is 2.96. The minimum atomic E-state index is -0.123. The van der Waals surface area contributed by atoms with E-state index in [0.29, 0.717) is 4.91 Å². The maximum atomic E-state index is 12.1. The van der Waals surface area contributed by atoms with Gasteiger partial charge in [0.2, 0.25) is 0 Å². The van der Waals surface area contributed by atoms with Gasteiger partial charge in [0, 0.05) is 13.1 Å². The summed E-state index contributed by atoms with van der Waals surface area (Å²) in [5, 5.41) is 0.865. The second-order valence-corrected chi connectivity index (χ2v) is 6.78. The van der Waals surface area contributed by atoms with Gasteiger partial charge in [0.25, 0.3) is 5.91 Å². The molecule has 3 rings (SSSR count). The number of benzene rings is 1. The molecule has 1 aromatic carbocycles. The lowest BCUT2D eigenvalue weighted by Crippen LogP contribution is -2.33. The van der Waals surface area contributed by atoms with E-state index >= 15 is 0 Å². The summed E-state index contributed by atoms with van der Waals surface area (Å²) in [5.74, 6) is 0.742. The summed E-state index contributed by atoms with van der Waals surface area (Å²) in [7, 11) is 0. The van der Waals surface area contributed by atoms with E-state index in [4.69, 9.17) is 4.74 Å². The monoisotopic (exact) mass is 330 g/mol. The lowest BCUT2D eigenvalue weighted by Gasteiger charge is -2.27. The summed E-state index contributed by atoms with van der Waals surface area (Å²) in [4.78, 5) is 19.3. The summed E-state index contributed by atoms with van der Waals surface area (Å²) in [6, 6.07) is 7.84. The molecule has 5 heteroatoms. The summed E-state index contributed by atoms with van der Waals surface area (Å²) >= 11 is 1.49. The maximum absolute atomic E-state index is 12.1. The van der Waals surface area contributed by atoms with E-state index < -0.39 is 0 Å². The highest BCUT2D eigenvalue weighted by Gasteiger charge is 2.26. The molecule has 0 atom stereocenters. The van der Waals surface area contributed by atoms with Crippen LogP contribution in [0, 0.1) is 0 Å². The normalized spacial score (nSPS) is 20.0. The molecular weight excluding hydrogens is 308 g/mol. The van der Waals surface area contributed by atoms with Crippen LogP contribution in [0.1, 0.15) is 38.2 Å². The first-order valence-corrected chi connectivity index (χ1v) is 9.08. The Morgan fingerprint density at radius 3 is 2.65 bits per heavy atom. The molecule has 1 amide bonds. The number of ether oxygens (including phenoxy) is 1. The minimum Gasteiger partial charge on any atom is -0.494 e. The zero-order chi connectivity index (χ0) is 16.1. The van der Waals surface area contributed by atoms with Crippen LogP contribution >= 0.6 is 11.8 Å². The van der Waals surface area contributed by atoms with Gasteiger partial charge in [-0.3, -0.25) is 4.79 Å². The van der Waals surface area contributed by atoms with Crippen molar-refractivity contribution in [1.82, 2.24) is 4.90 Å². The number of aliphatic imine (C=N–C) groups is 1. The van der Waals surface area contributed by atoms with Crippen molar-refractivity contribution in [2.75, 3.05) is 19.7 Å². The van der Waals surface area contributed by atoms with Crippen LogP contribution in [0.2, 0.25) is 0 Å². The standard InChI is InChI=1S/C18H22N2O2S/c1-2-12-22-15-8-6-14(7-9-15)13-16-17(21)19-18(23-16)20-10-4-3-5-11-20/h6-9,13H,2-5,10-12H2,1H3/b16-13+. The van der Waals surface area contributed by atoms with Crippen molar-refractivity contribution in [3.8, 4) is 5.75 Å².